The first-order valence-corrected chi connectivity index (χ1v) is 11.8. The number of carbonyl (C=O) groups excluding carboxylic acids is 2. The van der Waals surface area contributed by atoms with E-state index in [9.17, 15) is 22.8 Å². The largest absolute Gasteiger partial charge is 0.573 e. The summed E-state index contributed by atoms with van der Waals surface area (Å²) in [5, 5.41) is 3.22. The van der Waals surface area contributed by atoms with Crippen LogP contribution < -0.4 is 14.8 Å². The van der Waals surface area contributed by atoms with Gasteiger partial charge in [0.05, 0.1) is 11.2 Å². The van der Waals surface area contributed by atoms with E-state index in [2.05, 4.69) is 10.1 Å². The number of rotatable bonds is 6. The fourth-order valence-corrected chi connectivity index (χ4v) is 4.51. The van der Waals surface area contributed by atoms with E-state index in [0.717, 1.165) is 0 Å². The fourth-order valence-electron chi connectivity index (χ4n) is 4.38. The zero-order valence-corrected chi connectivity index (χ0v) is 20.8. The lowest BCUT2D eigenvalue weighted by atomic mass is 9.94. The molecule has 0 saturated carbocycles. The van der Waals surface area contributed by atoms with Crippen molar-refractivity contribution in [1.29, 1.82) is 0 Å². The standard InChI is InChI=1S/C27H20ClF3N2O5/c1-15-23(36-19-8-6-18(28)7-9-19)21-11-10-20(37-27(29,30)31)13-22(21)33(15)14-16-4-3-5-17(12-16)26(2)24(34)32-25(35)38-26/h3-13H,14H2,1-2H3,(H,32,34,35)/t26-/m1/s1. The zero-order valence-electron chi connectivity index (χ0n) is 20.1. The molecule has 0 spiro atoms. The molecular weight excluding hydrogens is 525 g/mol. The molecule has 1 saturated heterocycles. The lowest BCUT2D eigenvalue weighted by Gasteiger charge is -2.20. The number of carbonyl (C=O) groups is 2. The van der Waals surface area contributed by atoms with Crippen LogP contribution in [0.4, 0.5) is 18.0 Å². The van der Waals surface area contributed by atoms with E-state index >= 15 is 0 Å². The first-order valence-electron chi connectivity index (χ1n) is 11.4. The topological polar surface area (TPSA) is 78.8 Å². The van der Waals surface area contributed by atoms with Crippen molar-refractivity contribution in [1.82, 2.24) is 9.88 Å². The molecule has 0 bridgehead atoms. The third-order valence-corrected chi connectivity index (χ3v) is 6.52. The number of alkyl carbamates (subject to hydrolysis) is 1. The molecule has 196 valence electrons. The van der Waals surface area contributed by atoms with Crippen molar-refractivity contribution in [2.45, 2.75) is 32.4 Å². The lowest BCUT2D eigenvalue weighted by molar-refractivity contribution is -0.274. The quantitative estimate of drug-likeness (QED) is 0.288. The molecular formula is C27H20ClF3N2O5. The van der Waals surface area contributed by atoms with Gasteiger partial charge >= 0.3 is 12.5 Å². The normalized spacial score (nSPS) is 17.4. The van der Waals surface area contributed by atoms with Crippen LogP contribution in [0.15, 0.2) is 66.7 Å². The maximum atomic E-state index is 12.9. The van der Waals surface area contributed by atoms with Gasteiger partial charge in [-0.1, -0.05) is 29.8 Å². The Morgan fingerprint density at radius 2 is 1.74 bits per heavy atom. The third kappa shape index (κ3) is 4.87. The SMILES string of the molecule is Cc1c(Oc2ccc(Cl)cc2)c2ccc(OC(F)(F)F)cc2n1Cc1cccc([C@@]2(C)OC(=O)NC2=O)c1. The first kappa shape index (κ1) is 25.5. The van der Waals surface area contributed by atoms with Crippen LogP contribution in [0, 0.1) is 6.92 Å². The van der Waals surface area contributed by atoms with Gasteiger partial charge in [-0.15, -0.1) is 13.2 Å². The molecule has 2 amide bonds. The predicted octanol–water partition coefficient (Wildman–Crippen LogP) is 6.82. The van der Waals surface area contributed by atoms with Gasteiger partial charge in [0.1, 0.15) is 11.5 Å². The highest BCUT2D eigenvalue weighted by atomic mass is 35.5. The number of hydrogen-bond donors (Lipinski definition) is 1. The Labute approximate surface area is 219 Å². The number of benzene rings is 3. The monoisotopic (exact) mass is 544 g/mol. The fraction of sp³-hybridized carbons (Fsp3) is 0.185. The van der Waals surface area contributed by atoms with E-state index in [0.29, 0.717) is 44.2 Å². The summed E-state index contributed by atoms with van der Waals surface area (Å²) in [7, 11) is 0. The zero-order chi connectivity index (χ0) is 27.2. The summed E-state index contributed by atoms with van der Waals surface area (Å²) in [6.07, 6.45) is -5.69. The molecule has 38 heavy (non-hydrogen) atoms. The van der Waals surface area contributed by atoms with Crippen LogP contribution in [0.3, 0.4) is 0 Å². The molecule has 3 aromatic carbocycles. The molecule has 1 aromatic heterocycles. The summed E-state index contributed by atoms with van der Waals surface area (Å²) >= 11 is 5.97. The van der Waals surface area contributed by atoms with Crippen LogP contribution >= 0.6 is 11.6 Å². The van der Waals surface area contributed by atoms with Crippen LogP contribution in [0.1, 0.15) is 23.7 Å². The molecule has 1 N–H and O–H groups in total. The highest BCUT2D eigenvalue weighted by Crippen LogP contribution is 2.39. The maximum absolute atomic E-state index is 12.9. The van der Waals surface area contributed by atoms with Crippen molar-refractivity contribution >= 4 is 34.5 Å². The van der Waals surface area contributed by atoms with E-state index in [1.807, 2.05) is 0 Å². The van der Waals surface area contributed by atoms with E-state index < -0.39 is 24.0 Å². The number of ether oxygens (including phenoxy) is 3. The second kappa shape index (κ2) is 9.29. The Balaban J connectivity index is 1.58. The van der Waals surface area contributed by atoms with Gasteiger partial charge in [0.15, 0.2) is 5.75 Å². The number of cyclic esters (lactones) is 1. The van der Waals surface area contributed by atoms with Gasteiger partial charge in [0.25, 0.3) is 5.91 Å². The molecule has 1 atom stereocenters. The minimum Gasteiger partial charge on any atom is -0.455 e. The summed E-state index contributed by atoms with van der Waals surface area (Å²) in [5.41, 5.74) is 0.735. The molecule has 2 heterocycles. The Morgan fingerprint density at radius 1 is 1.03 bits per heavy atom. The summed E-state index contributed by atoms with van der Waals surface area (Å²) in [6.45, 7) is 3.48. The van der Waals surface area contributed by atoms with E-state index in [-0.39, 0.29) is 12.3 Å². The number of imide groups is 1. The number of fused-ring (bicyclic) bond motifs is 1. The molecule has 1 fully saturated rings. The van der Waals surface area contributed by atoms with Crippen LogP contribution in [-0.4, -0.2) is 22.9 Å². The molecule has 1 aliphatic heterocycles. The molecule has 0 radical (unpaired) electrons. The molecule has 5 rings (SSSR count). The van der Waals surface area contributed by atoms with Gasteiger partial charge in [0.2, 0.25) is 5.60 Å². The first-order chi connectivity index (χ1) is 17.9. The van der Waals surface area contributed by atoms with E-state index in [1.54, 1.807) is 60.0 Å². The van der Waals surface area contributed by atoms with Gasteiger partial charge in [-0.3, -0.25) is 10.1 Å². The second-order valence-electron chi connectivity index (χ2n) is 8.86. The number of halogens is 4. The number of hydrogen-bond acceptors (Lipinski definition) is 5. The smallest absolute Gasteiger partial charge is 0.455 e. The third-order valence-electron chi connectivity index (χ3n) is 6.27. The summed E-state index contributed by atoms with van der Waals surface area (Å²) in [6, 6.07) is 17.6. The van der Waals surface area contributed by atoms with E-state index in [4.69, 9.17) is 21.1 Å². The van der Waals surface area contributed by atoms with Crippen LogP contribution in [-0.2, 0) is 21.7 Å². The van der Waals surface area contributed by atoms with Crippen molar-refractivity contribution in [3.05, 3.63) is 88.6 Å². The van der Waals surface area contributed by atoms with Gasteiger partial charge in [0, 0.05) is 28.6 Å². The highest BCUT2D eigenvalue weighted by Gasteiger charge is 2.46. The van der Waals surface area contributed by atoms with Crippen LogP contribution in [0.2, 0.25) is 5.02 Å². The van der Waals surface area contributed by atoms with Gasteiger partial charge in [-0.25, -0.2) is 4.79 Å². The average molecular weight is 545 g/mol. The number of nitrogens with zero attached hydrogens (tertiary/aromatic N) is 1. The van der Waals surface area contributed by atoms with Crippen molar-refractivity contribution < 1.29 is 37.0 Å². The summed E-state index contributed by atoms with van der Waals surface area (Å²) in [4.78, 5) is 24.0. The number of nitrogens with one attached hydrogen (secondary N) is 1. The molecule has 1 aliphatic rings. The van der Waals surface area contributed by atoms with Crippen molar-refractivity contribution in [3.8, 4) is 17.2 Å². The Kier molecular flexibility index (Phi) is 6.22. The van der Waals surface area contributed by atoms with Crippen LogP contribution in [0.25, 0.3) is 10.9 Å². The second-order valence-corrected chi connectivity index (χ2v) is 9.30. The lowest BCUT2D eigenvalue weighted by Crippen LogP contribution is -2.33. The molecule has 11 heteroatoms. The van der Waals surface area contributed by atoms with E-state index in [1.165, 1.54) is 25.1 Å². The minimum atomic E-state index is -4.86. The maximum Gasteiger partial charge on any atom is 0.573 e. The number of aromatic nitrogens is 1. The minimum absolute atomic E-state index is 0.210. The highest BCUT2D eigenvalue weighted by molar-refractivity contribution is 6.30. The van der Waals surface area contributed by atoms with Gasteiger partial charge in [-0.05, 0) is 61.9 Å². The average Bonchev–Trinajstić information content (AvgIpc) is 3.26. The van der Waals surface area contributed by atoms with Crippen molar-refractivity contribution in [2.24, 2.45) is 0 Å². The molecule has 0 aliphatic carbocycles. The van der Waals surface area contributed by atoms with Crippen LogP contribution in [0.5, 0.6) is 17.2 Å². The number of amides is 2. The Hall–Kier alpha value is -4.18. The summed E-state index contributed by atoms with van der Waals surface area (Å²) in [5.74, 6) is -0.0170. The van der Waals surface area contributed by atoms with Gasteiger partial charge in [-0.2, -0.15) is 0 Å². The molecule has 4 aromatic rings. The number of alkyl halides is 3. The molecule has 7 nitrogen and oxygen atoms in total. The Bertz CT molecular complexity index is 1570. The summed E-state index contributed by atoms with van der Waals surface area (Å²) < 4.78 is 56.1. The van der Waals surface area contributed by atoms with Crippen molar-refractivity contribution in [2.75, 3.05) is 0 Å². The van der Waals surface area contributed by atoms with Crippen molar-refractivity contribution in [3.63, 3.8) is 0 Å². The predicted molar refractivity (Wildman–Crippen MR) is 132 cm³/mol. The Morgan fingerprint density at radius 3 is 2.39 bits per heavy atom. The van der Waals surface area contributed by atoms with Gasteiger partial charge < -0.3 is 18.8 Å². The molecule has 0 unspecified atom stereocenters.